The number of likely N-dealkylation sites (tertiary alicyclic amines) is 1. The first-order valence-corrected chi connectivity index (χ1v) is 7.49. The monoisotopic (exact) mass is 300 g/mol. The number of carbonyl (C=O) groups excluding carboxylic acids is 1. The van der Waals surface area contributed by atoms with Gasteiger partial charge in [0.15, 0.2) is 11.4 Å². The molecule has 0 aliphatic carbocycles. The predicted molar refractivity (Wildman–Crippen MR) is 83.2 cm³/mol. The highest BCUT2D eigenvalue weighted by atomic mass is 16.3. The van der Waals surface area contributed by atoms with Gasteiger partial charge in [0.05, 0.1) is 11.9 Å². The quantitative estimate of drug-likeness (QED) is 0.899. The minimum Gasteiger partial charge on any atom is -0.504 e. The van der Waals surface area contributed by atoms with Crippen LogP contribution < -0.4 is 5.32 Å². The zero-order chi connectivity index (χ0) is 15.5. The smallest absolute Gasteiger partial charge is 0.278 e. The van der Waals surface area contributed by atoms with Crippen molar-refractivity contribution < 1.29 is 9.90 Å². The Hall–Kier alpha value is -2.34. The maximum atomic E-state index is 12.6. The first kappa shape index (κ1) is 14.6. The lowest BCUT2D eigenvalue weighted by molar-refractivity contribution is 0.0688. The van der Waals surface area contributed by atoms with Crippen molar-refractivity contribution in [1.29, 1.82) is 0 Å². The summed E-state index contributed by atoms with van der Waals surface area (Å²) in [5, 5.41) is 17.5. The molecule has 1 amide bonds. The van der Waals surface area contributed by atoms with Gasteiger partial charge in [-0.2, -0.15) is 5.10 Å². The highest BCUT2D eigenvalue weighted by Crippen LogP contribution is 2.21. The number of nitrogens with zero attached hydrogens (tertiary/aromatic N) is 3. The van der Waals surface area contributed by atoms with Gasteiger partial charge in [-0.05, 0) is 32.0 Å². The Bertz CT molecular complexity index is 653. The van der Waals surface area contributed by atoms with Gasteiger partial charge in [-0.1, -0.05) is 18.2 Å². The van der Waals surface area contributed by atoms with Gasteiger partial charge in [-0.3, -0.25) is 4.79 Å². The van der Waals surface area contributed by atoms with Crippen LogP contribution in [-0.2, 0) is 0 Å². The van der Waals surface area contributed by atoms with Gasteiger partial charge < -0.3 is 15.3 Å². The van der Waals surface area contributed by atoms with Crippen LogP contribution in [0, 0.1) is 0 Å². The van der Waals surface area contributed by atoms with Crippen LogP contribution in [0.4, 0.5) is 0 Å². The molecule has 0 bridgehead atoms. The molecular formula is C16H20N4O2. The van der Waals surface area contributed by atoms with Gasteiger partial charge >= 0.3 is 0 Å². The second-order valence-corrected chi connectivity index (χ2v) is 5.52. The normalized spacial score (nSPS) is 18.4. The fourth-order valence-corrected chi connectivity index (χ4v) is 2.78. The van der Waals surface area contributed by atoms with E-state index in [-0.39, 0.29) is 17.4 Å². The lowest BCUT2D eigenvalue weighted by Crippen LogP contribution is -2.47. The molecule has 22 heavy (non-hydrogen) atoms. The Morgan fingerprint density at radius 2 is 2.14 bits per heavy atom. The molecule has 0 spiro atoms. The van der Waals surface area contributed by atoms with Gasteiger partial charge in [-0.25, -0.2) is 4.68 Å². The minimum absolute atomic E-state index is 0.0829. The molecule has 1 unspecified atom stereocenters. The first-order valence-electron chi connectivity index (χ1n) is 7.49. The average molecular weight is 300 g/mol. The fourth-order valence-electron chi connectivity index (χ4n) is 2.78. The molecule has 1 aromatic carbocycles. The zero-order valence-electron chi connectivity index (χ0n) is 12.6. The molecule has 1 aliphatic heterocycles. The van der Waals surface area contributed by atoms with Crippen LogP contribution >= 0.6 is 0 Å². The van der Waals surface area contributed by atoms with Crippen molar-refractivity contribution >= 4 is 5.91 Å². The van der Waals surface area contributed by atoms with Crippen molar-refractivity contribution in [3.63, 3.8) is 0 Å². The van der Waals surface area contributed by atoms with Crippen molar-refractivity contribution in [2.24, 2.45) is 0 Å². The summed E-state index contributed by atoms with van der Waals surface area (Å²) in [6.45, 7) is 1.35. The number of amides is 1. The minimum atomic E-state index is -0.216. The van der Waals surface area contributed by atoms with E-state index in [0.29, 0.717) is 19.1 Å². The van der Waals surface area contributed by atoms with Crippen LogP contribution in [-0.4, -0.2) is 51.9 Å². The van der Waals surface area contributed by atoms with E-state index in [1.54, 1.807) is 4.90 Å². The molecule has 0 radical (unpaired) electrons. The average Bonchev–Trinajstić information content (AvgIpc) is 2.97. The molecule has 3 rings (SSSR count). The molecule has 2 heterocycles. The van der Waals surface area contributed by atoms with Crippen molar-refractivity contribution in [2.75, 3.05) is 20.1 Å². The van der Waals surface area contributed by atoms with Crippen LogP contribution in [0.2, 0.25) is 0 Å². The van der Waals surface area contributed by atoms with Crippen molar-refractivity contribution in [3.05, 3.63) is 42.2 Å². The van der Waals surface area contributed by atoms with E-state index >= 15 is 0 Å². The van der Waals surface area contributed by atoms with Crippen molar-refractivity contribution in [3.8, 4) is 11.4 Å². The molecule has 1 aromatic heterocycles. The van der Waals surface area contributed by atoms with Crippen LogP contribution in [0.3, 0.4) is 0 Å². The third-order valence-electron chi connectivity index (χ3n) is 4.04. The number of nitrogens with one attached hydrogen (secondary N) is 1. The Morgan fingerprint density at radius 1 is 1.36 bits per heavy atom. The summed E-state index contributed by atoms with van der Waals surface area (Å²) in [5.74, 6) is -0.299. The predicted octanol–water partition coefficient (Wildman–Crippen LogP) is 1.40. The Morgan fingerprint density at radius 3 is 2.86 bits per heavy atom. The Balaban J connectivity index is 1.83. The number of hydrogen-bond acceptors (Lipinski definition) is 4. The fraction of sp³-hybridized carbons (Fsp3) is 0.375. The molecule has 6 nitrogen and oxygen atoms in total. The molecule has 116 valence electrons. The first-order chi connectivity index (χ1) is 10.7. The maximum Gasteiger partial charge on any atom is 0.278 e. The van der Waals surface area contributed by atoms with Gasteiger partial charge in [0, 0.05) is 19.1 Å². The second-order valence-electron chi connectivity index (χ2n) is 5.52. The highest BCUT2D eigenvalue weighted by molar-refractivity contribution is 5.95. The van der Waals surface area contributed by atoms with Gasteiger partial charge in [0.1, 0.15) is 0 Å². The molecule has 0 saturated carbocycles. The maximum absolute atomic E-state index is 12.6. The SMILES string of the molecule is CNC1CCCN(C(=O)c2nn(-c3ccccc3)cc2O)C1. The number of para-hydroxylation sites is 1. The topological polar surface area (TPSA) is 70.4 Å². The number of likely N-dealkylation sites (N-methyl/N-ethyl adjacent to an activating group) is 1. The van der Waals surface area contributed by atoms with Crippen LogP contribution in [0.1, 0.15) is 23.3 Å². The molecule has 1 aliphatic rings. The standard InChI is InChI=1S/C16H20N4O2/c1-17-12-6-5-9-19(10-12)16(22)15-14(21)11-20(18-15)13-7-3-2-4-8-13/h2-4,7-8,11-12,17,21H,5-6,9-10H2,1H3. The number of aromatic nitrogens is 2. The molecular weight excluding hydrogens is 280 g/mol. The Kier molecular flexibility index (Phi) is 4.11. The summed E-state index contributed by atoms with van der Waals surface area (Å²) in [5.41, 5.74) is 0.921. The lowest BCUT2D eigenvalue weighted by Gasteiger charge is -2.32. The molecule has 1 saturated heterocycles. The van der Waals surface area contributed by atoms with Crippen molar-refractivity contribution in [1.82, 2.24) is 20.0 Å². The number of carbonyl (C=O) groups is 1. The molecule has 2 N–H and O–H groups in total. The van der Waals surface area contributed by atoms with Gasteiger partial charge in [0.25, 0.3) is 5.91 Å². The van der Waals surface area contributed by atoms with E-state index in [1.807, 2.05) is 37.4 Å². The van der Waals surface area contributed by atoms with Crippen molar-refractivity contribution in [2.45, 2.75) is 18.9 Å². The van der Waals surface area contributed by atoms with Gasteiger partial charge in [0.2, 0.25) is 0 Å². The zero-order valence-corrected chi connectivity index (χ0v) is 12.6. The number of rotatable bonds is 3. The van der Waals surface area contributed by atoms with E-state index in [4.69, 9.17) is 0 Å². The summed E-state index contributed by atoms with van der Waals surface area (Å²) in [7, 11) is 1.90. The third-order valence-corrected chi connectivity index (χ3v) is 4.04. The lowest BCUT2D eigenvalue weighted by atomic mass is 10.1. The largest absolute Gasteiger partial charge is 0.504 e. The molecule has 1 fully saturated rings. The van der Waals surface area contributed by atoms with Crippen LogP contribution in [0.25, 0.3) is 5.69 Å². The van der Waals surface area contributed by atoms with Crippen LogP contribution in [0.5, 0.6) is 5.75 Å². The molecule has 2 aromatic rings. The summed E-state index contributed by atoms with van der Waals surface area (Å²) < 4.78 is 1.53. The second kappa shape index (κ2) is 6.19. The molecule has 1 atom stereocenters. The summed E-state index contributed by atoms with van der Waals surface area (Å²) in [4.78, 5) is 14.3. The summed E-state index contributed by atoms with van der Waals surface area (Å²) >= 11 is 0. The van der Waals surface area contributed by atoms with E-state index < -0.39 is 0 Å². The van der Waals surface area contributed by atoms with E-state index in [2.05, 4.69) is 10.4 Å². The third kappa shape index (κ3) is 2.82. The highest BCUT2D eigenvalue weighted by Gasteiger charge is 2.27. The van der Waals surface area contributed by atoms with E-state index in [1.165, 1.54) is 10.9 Å². The van der Waals surface area contributed by atoms with Gasteiger partial charge in [-0.15, -0.1) is 0 Å². The number of aromatic hydroxyl groups is 1. The number of hydrogen-bond donors (Lipinski definition) is 2. The molecule has 6 heteroatoms. The number of piperidine rings is 1. The summed E-state index contributed by atoms with van der Waals surface area (Å²) in [6, 6.07) is 9.73. The Labute approximate surface area is 129 Å². The van der Waals surface area contributed by atoms with E-state index in [9.17, 15) is 9.90 Å². The summed E-state index contributed by atoms with van der Waals surface area (Å²) in [6.07, 6.45) is 3.49. The van der Waals surface area contributed by atoms with E-state index in [0.717, 1.165) is 18.5 Å². The van der Waals surface area contributed by atoms with Crippen LogP contribution in [0.15, 0.2) is 36.5 Å². The number of benzene rings is 1.